The molecule has 2 rings (SSSR count). The van der Waals surface area contributed by atoms with Gasteiger partial charge in [0.25, 0.3) is 0 Å². The van der Waals surface area contributed by atoms with Gasteiger partial charge in [0.15, 0.2) is 5.96 Å². The molecule has 0 aliphatic carbocycles. The van der Waals surface area contributed by atoms with Gasteiger partial charge in [-0.25, -0.2) is 0 Å². The van der Waals surface area contributed by atoms with Crippen LogP contribution >= 0.6 is 0 Å². The summed E-state index contributed by atoms with van der Waals surface area (Å²) in [5.74, 6) is -7.97. The lowest BCUT2D eigenvalue weighted by Crippen LogP contribution is -2.63. The Morgan fingerprint density at radius 1 is 0.625 bits per heavy atom. The topological polar surface area (TPSA) is 384 Å². The Hall–Kier alpha value is -6.11. The Balaban J connectivity index is 2.29. The van der Waals surface area contributed by atoms with Gasteiger partial charge < -0.3 is 69.7 Å². The smallest absolute Gasteiger partial charge is 0.245 e. The quantitative estimate of drug-likeness (QED) is 0.0185. The number of hydrogen-bond donors (Lipinski definition) is 12. The third-order valence-corrected chi connectivity index (χ3v) is 13.2. The fourth-order valence-corrected chi connectivity index (χ4v) is 8.52. The van der Waals surface area contributed by atoms with Crippen molar-refractivity contribution in [3.63, 3.8) is 0 Å². The van der Waals surface area contributed by atoms with Crippen molar-refractivity contribution < 1.29 is 53.1 Å². The minimum Gasteiger partial charge on any atom is -0.391 e. The Bertz CT molecular complexity index is 1900. The van der Waals surface area contributed by atoms with E-state index in [-0.39, 0.29) is 50.0 Å². The predicted octanol–water partition coefficient (Wildman–Crippen LogP) is -3.18. The minimum atomic E-state index is -1.66. The van der Waals surface area contributed by atoms with Crippen molar-refractivity contribution in [3.8, 4) is 0 Å². The largest absolute Gasteiger partial charge is 0.391 e. The number of nitrogens with zero attached hydrogens (tertiary/aromatic N) is 3. The van der Waals surface area contributed by atoms with Crippen LogP contribution in [0.4, 0.5) is 0 Å². The molecule has 0 radical (unpaired) electrons. The number of guanidine groups is 1. The molecular weight excluding hydrogens is 937 g/mol. The number of likely N-dealkylation sites (N-methyl/N-ethyl adjacent to an activating group) is 2. The van der Waals surface area contributed by atoms with Crippen LogP contribution < -0.4 is 59.7 Å². The number of hydrogen-bond acceptors (Lipinski definition) is 13. The highest BCUT2D eigenvalue weighted by atomic mass is 16.3. The normalized spacial score (nSPS) is 19.3. The lowest BCUT2D eigenvalue weighted by atomic mass is 9.96. The highest BCUT2D eigenvalue weighted by molar-refractivity contribution is 5.98. The van der Waals surface area contributed by atoms with Crippen molar-refractivity contribution in [2.75, 3.05) is 39.8 Å². The molecule has 0 unspecified atom stereocenters. The van der Waals surface area contributed by atoms with Gasteiger partial charge in [-0.05, 0) is 90.6 Å². The molecule has 2 fully saturated rings. The van der Waals surface area contributed by atoms with Gasteiger partial charge in [-0.3, -0.25) is 57.8 Å². The van der Waals surface area contributed by atoms with E-state index in [2.05, 4.69) is 47.5 Å². The van der Waals surface area contributed by atoms with Crippen LogP contribution in [0.25, 0.3) is 0 Å². The van der Waals surface area contributed by atoms with Gasteiger partial charge in [-0.2, -0.15) is 0 Å². The molecule has 2 heterocycles. The third-order valence-electron chi connectivity index (χ3n) is 13.2. The molecule has 2 aliphatic rings. The minimum absolute atomic E-state index is 0.0697. The van der Waals surface area contributed by atoms with Crippen LogP contribution in [0.5, 0.6) is 0 Å². The molecule has 0 aromatic carbocycles. The number of nitrogens with two attached hydrogens (primary N) is 3. The molecule has 10 amide bonds. The summed E-state index contributed by atoms with van der Waals surface area (Å²) in [7, 11) is 1.80. The van der Waals surface area contributed by atoms with E-state index < -0.39 is 120 Å². The number of aliphatic hydroxyl groups excluding tert-OH is 1. The molecule has 0 aromatic heterocycles. The Morgan fingerprint density at radius 2 is 1.14 bits per heavy atom. The van der Waals surface area contributed by atoms with Crippen LogP contribution in [-0.4, -0.2) is 174 Å². The molecule has 25 heteroatoms. The Labute approximate surface area is 423 Å². The van der Waals surface area contributed by atoms with Crippen molar-refractivity contribution in [3.05, 3.63) is 0 Å². The first-order valence-corrected chi connectivity index (χ1v) is 25.4. The summed E-state index contributed by atoms with van der Waals surface area (Å²) >= 11 is 0. The Morgan fingerprint density at radius 3 is 1.65 bits per heavy atom. The SMILES string of the molecule is CCC[C@H](NC(=O)[C@@H](NC(=O)[C@H](NC(=O)[C@H](CCC(N)=O)NC(=O)CNC(=O)[C@@H]1CCCN1C)[C@@H](C)CC)[C@@H](C)O)C(=O)N[C@@H](C(=O)N[C@@H](CCCN=C(N)N)C(=O)N1CCC[C@H]1C(=O)NCC)[C@@H](C)CC. The molecule has 15 N–H and O–H groups in total. The number of aliphatic imine (C=N–C) groups is 1. The second kappa shape index (κ2) is 31.4. The summed E-state index contributed by atoms with van der Waals surface area (Å²) in [5.41, 5.74) is 16.4. The monoisotopic (exact) mass is 1020 g/mol. The van der Waals surface area contributed by atoms with Crippen molar-refractivity contribution in [1.29, 1.82) is 0 Å². The summed E-state index contributed by atoms with van der Waals surface area (Å²) in [5, 5.41) is 31.9. The van der Waals surface area contributed by atoms with Gasteiger partial charge >= 0.3 is 0 Å². The molecule has 0 aromatic rings. The fourth-order valence-electron chi connectivity index (χ4n) is 8.52. The number of carbonyl (C=O) groups is 10. The number of likely N-dealkylation sites (tertiary alicyclic amines) is 2. The first-order chi connectivity index (χ1) is 34.0. The standard InChI is InChI=1S/C47H84N14O11/c1-9-16-29(39(65)57-36(26(5)10-2)43(69)56-31(17-13-22-52-47(49)50)46(72)61-24-15-19-33(61)42(68)51-12-4)55-45(71)38(28(7)62)59-44(70)37(27(6)11-3)58-40(66)30(20-21-34(48)63)54-35(64)25-53-41(67)32-18-14-23-60(32)8/h26-33,36-38,62H,9-25H2,1-8H3,(H2,48,63)(H,51,68)(H,53,67)(H,54,64)(H,55,71)(H,56,69)(H,57,65)(H,58,66)(H,59,70)(H4,49,50,52)/t26-,27-,28+,29-,30-,31-,32-,33-,36+,37+,38-/m0/s1. The van der Waals surface area contributed by atoms with Gasteiger partial charge in [0.2, 0.25) is 59.1 Å². The van der Waals surface area contributed by atoms with E-state index in [1.54, 1.807) is 41.7 Å². The maximum Gasteiger partial charge on any atom is 0.245 e. The third kappa shape index (κ3) is 19.8. The molecule has 0 bridgehead atoms. The summed E-state index contributed by atoms with van der Waals surface area (Å²) in [4.78, 5) is 142. The summed E-state index contributed by atoms with van der Waals surface area (Å²) in [6.45, 7) is 12.8. The van der Waals surface area contributed by atoms with Crippen LogP contribution in [0.15, 0.2) is 4.99 Å². The number of primary amides is 1. The average Bonchev–Trinajstić information content (AvgIpc) is 4.01. The van der Waals surface area contributed by atoms with Crippen molar-refractivity contribution in [1.82, 2.24) is 52.3 Å². The van der Waals surface area contributed by atoms with Gasteiger partial charge in [-0.15, -0.1) is 0 Å². The molecule has 0 spiro atoms. The zero-order chi connectivity index (χ0) is 54.2. The van der Waals surface area contributed by atoms with E-state index in [4.69, 9.17) is 17.2 Å². The first-order valence-electron chi connectivity index (χ1n) is 25.4. The molecule has 2 saturated heterocycles. The predicted molar refractivity (Wildman–Crippen MR) is 268 cm³/mol. The molecule has 25 nitrogen and oxygen atoms in total. The van der Waals surface area contributed by atoms with Gasteiger partial charge in [-0.1, -0.05) is 53.9 Å². The van der Waals surface area contributed by atoms with E-state index in [1.807, 2.05) is 11.8 Å². The number of rotatable bonds is 31. The molecular formula is C47H84N14O11. The van der Waals surface area contributed by atoms with Crippen LogP contribution in [0.1, 0.15) is 126 Å². The lowest BCUT2D eigenvalue weighted by molar-refractivity contribution is -0.142. The highest BCUT2D eigenvalue weighted by Crippen LogP contribution is 2.21. The van der Waals surface area contributed by atoms with Crippen molar-refractivity contribution in [2.24, 2.45) is 34.0 Å². The molecule has 72 heavy (non-hydrogen) atoms. The summed E-state index contributed by atoms with van der Waals surface area (Å²) in [6, 6.07) is -9.07. The number of aliphatic hydroxyl groups is 1. The van der Waals surface area contributed by atoms with E-state index in [1.165, 1.54) is 11.8 Å². The molecule has 408 valence electrons. The molecule has 2 aliphatic heterocycles. The maximum absolute atomic E-state index is 14.2. The summed E-state index contributed by atoms with van der Waals surface area (Å²) in [6.07, 6.45) is 2.00. The van der Waals surface area contributed by atoms with Crippen LogP contribution in [0.2, 0.25) is 0 Å². The van der Waals surface area contributed by atoms with E-state index in [0.29, 0.717) is 58.0 Å². The fraction of sp³-hybridized carbons (Fsp3) is 0.766. The number of amides is 10. The van der Waals surface area contributed by atoms with Crippen molar-refractivity contribution >= 4 is 65.0 Å². The average molecular weight is 1020 g/mol. The van der Waals surface area contributed by atoms with Gasteiger partial charge in [0.1, 0.15) is 42.3 Å². The van der Waals surface area contributed by atoms with Crippen molar-refractivity contribution in [2.45, 2.75) is 180 Å². The number of nitrogens with one attached hydrogen (secondary N) is 8. The van der Waals surface area contributed by atoms with Gasteiger partial charge in [0.05, 0.1) is 18.7 Å². The van der Waals surface area contributed by atoms with Crippen LogP contribution in [0.3, 0.4) is 0 Å². The van der Waals surface area contributed by atoms with E-state index >= 15 is 0 Å². The Kier molecular flexibility index (Phi) is 27.0. The highest BCUT2D eigenvalue weighted by Gasteiger charge is 2.40. The zero-order valence-electron chi connectivity index (χ0n) is 43.5. The van der Waals surface area contributed by atoms with E-state index in [0.717, 1.165) is 13.0 Å². The zero-order valence-corrected chi connectivity index (χ0v) is 43.5. The van der Waals surface area contributed by atoms with Crippen LogP contribution in [-0.2, 0) is 47.9 Å². The second-order valence-electron chi connectivity index (χ2n) is 18.9. The maximum atomic E-state index is 14.2. The summed E-state index contributed by atoms with van der Waals surface area (Å²) < 4.78 is 0. The molecule has 11 atom stereocenters. The second-order valence-corrected chi connectivity index (χ2v) is 18.9. The number of carbonyl (C=O) groups excluding carboxylic acids is 10. The lowest BCUT2D eigenvalue weighted by Gasteiger charge is -2.32. The molecule has 0 saturated carbocycles. The van der Waals surface area contributed by atoms with E-state index in [9.17, 15) is 53.1 Å². The van der Waals surface area contributed by atoms with Gasteiger partial charge in [0, 0.05) is 26.1 Å². The first kappa shape index (κ1) is 62.0. The van der Waals surface area contributed by atoms with Crippen LogP contribution in [0, 0.1) is 11.8 Å².